The van der Waals surface area contributed by atoms with Crippen molar-refractivity contribution in [2.75, 3.05) is 25.7 Å². The van der Waals surface area contributed by atoms with Gasteiger partial charge in [0, 0.05) is 11.3 Å². The molecule has 25 heavy (non-hydrogen) atoms. The summed E-state index contributed by atoms with van der Waals surface area (Å²) in [6.07, 6.45) is 0. The molecule has 0 radical (unpaired) electrons. The fraction of sp³-hybridized carbons (Fsp3) is 0.250. The summed E-state index contributed by atoms with van der Waals surface area (Å²) in [5, 5.41) is 8.99. The first-order valence-electron chi connectivity index (χ1n) is 8.02. The molecule has 1 N–H and O–H groups in total. The van der Waals surface area contributed by atoms with Crippen molar-refractivity contribution in [3.05, 3.63) is 60.7 Å². The van der Waals surface area contributed by atoms with E-state index in [2.05, 4.69) is 6.58 Å². The van der Waals surface area contributed by atoms with Gasteiger partial charge in [-0.2, -0.15) is 0 Å². The standard InChI is InChI=1S/C11H11NO2.C7H8O2.C2H6/c1-8-7-12(11(8)13)9-3-5-10(14-2)6-4-9;1-9-7-5-3-2-4-6(7)8;1-2/h3-6H,1,7H2,2H3;2-5,8H,1H3;1-2H3. The lowest BCUT2D eigenvalue weighted by Crippen LogP contribution is -2.45. The first-order chi connectivity index (χ1) is 12.1. The van der Waals surface area contributed by atoms with E-state index in [0.717, 1.165) is 11.4 Å². The minimum atomic E-state index is 0.00941. The van der Waals surface area contributed by atoms with Crippen LogP contribution in [0, 0.1) is 0 Å². The lowest BCUT2D eigenvalue weighted by Gasteiger charge is -2.32. The fourth-order valence-electron chi connectivity index (χ4n) is 2.03. The Morgan fingerprint density at radius 1 is 1.00 bits per heavy atom. The van der Waals surface area contributed by atoms with Crippen LogP contribution in [0.2, 0.25) is 0 Å². The minimum Gasteiger partial charge on any atom is -0.504 e. The number of phenols is 1. The van der Waals surface area contributed by atoms with Gasteiger partial charge in [-0.3, -0.25) is 4.79 Å². The Labute approximate surface area is 149 Å². The highest BCUT2D eigenvalue weighted by molar-refractivity contribution is 6.13. The zero-order chi connectivity index (χ0) is 18.8. The van der Waals surface area contributed by atoms with E-state index in [4.69, 9.17) is 14.6 Å². The molecule has 0 saturated carbocycles. The molecule has 0 spiro atoms. The predicted octanol–water partition coefficient (Wildman–Crippen LogP) is 4.03. The number of anilines is 1. The second-order valence-corrected chi connectivity index (χ2v) is 4.86. The number of β-lactam (4-membered cyclic amide) rings is 1. The smallest absolute Gasteiger partial charge is 0.255 e. The van der Waals surface area contributed by atoms with Gasteiger partial charge >= 0.3 is 0 Å². The highest BCUT2D eigenvalue weighted by Gasteiger charge is 2.29. The second kappa shape index (κ2) is 10.0. The summed E-state index contributed by atoms with van der Waals surface area (Å²) in [5.41, 5.74) is 1.56. The van der Waals surface area contributed by atoms with Gasteiger partial charge in [-0.25, -0.2) is 0 Å². The van der Waals surface area contributed by atoms with E-state index >= 15 is 0 Å². The van der Waals surface area contributed by atoms with E-state index in [-0.39, 0.29) is 11.7 Å². The first-order valence-corrected chi connectivity index (χ1v) is 8.02. The molecule has 3 rings (SSSR count). The Kier molecular flexibility index (Phi) is 8.06. The summed E-state index contributed by atoms with van der Waals surface area (Å²) in [6, 6.07) is 14.2. The Hall–Kier alpha value is -2.95. The van der Waals surface area contributed by atoms with Crippen LogP contribution < -0.4 is 14.4 Å². The summed E-state index contributed by atoms with van der Waals surface area (Å²) in [5.74, 6) is 1.49. The molecule has 1 fully saturated rings. The van der Waals surface area contributed by atoms with Crippen molar-refractivity contribution in [3.63, 3.8) is 0 Å². The number of amides is 1. The molecule has 134 valence electrons. The highest BCUT2D eigenvalue weighted by atomic mass is 16.5. The van der Waals surface area contributed by atoms with Crippen LogP contribution in [0.15, 0.2) is 60.7 Å². The fourth-order valence-corrected chi connectivity index (χ4v) is 2.03. The van der Waals surface area contributed by atoms with Crippen LogP contribution >= 0.6 is 0 Å². The molecule has 1 aliphatic rings. The van der Waals surface area contributed by atoms with Crippen LogP contribution in [0.1, 0.15) is 13.8 Å². The number of aromatic hydroxyl groups is 1. The van der Waals surface area contributed by atoms with Gasteiger partial charge in [-0.05, 0) is 36.4 Å². The largest absolute Gasteiger partial charge is 0.504 e. The minimum absolute atomic E-state index is 0.00941. The monoisotopic (exact) mass is 343 g/mol. The van der Waals surface area contributed by atoms with E-state index in [1.54, 1.807) is 36.3 Å². The third kappa shape index (κ3) is 5.28. The van der Waals surface area contributed by atoms with Gasteiger partial charge in [-0.1, -0.05) is 32.6 Å². The maximum Gasteiger partial charge on any atom is 0.255 e. The Morgan fingerprint density at radius 3 is 2.00 bits per heavy atom. The molecule has 5 nitrogen and oxygen atoms in total. The third-order valence-electron chi connectivity index (χ3n) is 3.37. The van der Waals surface area contributed by atoms with Gasteiger partial charge in [0.15, 0.2) is 11.5 Å². The number of nitrogens with zero attached hydrogens (tertiary/aromatic N) is 1. The van der Waals surface area contributed by atoms with Crippen molar-refractivity contribution in [3.8, 4) is 17.2 Å². The number of rotatable bonds is 3. The van der Waals surface area contributed by atoms with E-state index in [1.807, 2.05) is 38.1 Å². The van der Waals surface area contributed by atoms with Crippen LogP contribution in [-0.4, -0.2) is 31.8 Å². The van der Waals surface area contributed by atoms with E-state index in [0.29, 0.717) is 17.9 Å². The molecule has 1 saturated heterocycles. The molecule has 0 aromatic heterocycles. The van der Waals surface area contributed by atoms with Crippen molar-refractivity contribution in [2.24, 2.45) is 0 Å². The van der Waals surface area contributed by atoms with Gasteiger partial charge in [0.25, 0.3) is 5.91 Å². The van der Waals surface area contributed by atoms with Crippen molar-refractivity contribution in [2.45, 2.75) is 13.8 Å². The number of carbonyl (C=O) groups is 1. The Balaban J connectivity index is 0.000000246. The second-order valence-electron chi connectivity index (χ2n) is 4.86. The van der Waals surface area contributed by atoms with Crippen LogP contribution in [0.3, 0.4) is 0 Å². The summed E-state index contributed by atoms with van der Waals surface area (Å²) in [6.45, 7) is 8.27. The molecule has 0 unspecified atom stereocenters. The van der Waals surface area contributed by atoms with Crippen LogP contribution in [0.4, 0.5) is 5.69 Å². The Bertz CT molecular complexity index is 695. The van der Waals surface area contributed by atoms with Gasteiger partial charge in [-0.15, -0.1) is 0 Å². The molecule has 1 amide bonds. The van der Waals surface area contributed by atoms with Crippen molar-refractivity contribution < 1.29 is 19.4 Å². The Morgan fingerprint density at radius 2 is 1.60 bits per heavy atom. The van der Waals surface area contributed by atoms with Crippen molar-refractivity contribution >= 4 is 11.6 Å². The summed E-state index contributed by atoms with van der Waals surface area (Å²) >= 11 is 0. The average molecular weight is 343 g/mol. The van der Waals surface area contributed by atoms with Gasteiger partial charge < -0.3 is 19.5 Å². The summed E-state index contributed by atoms with van der Waals surface area (Å²) in [4.78, 5) is 13.0. The number of benzene rings is 2. The molecule has 2 aromatic carbocycles. The summed E-state index contributed by atoms with van der Waals surface area (Å²) in [7, 11) is 3.14. The number of hydrogen-bond acceptors (Lipinski definition) is 4. The van der Waals surface area contributed by atoms with E-state index in [9.17, 15) is 4.79 Å². The number of para-hydroxylation sites is 2. The molecular weight excluding hydrogens is 318 g/mol. The molecular formula is C20H25NO4. The topological polar surface area (TPSA) is 59.0 Å². The molecule has 1 aliphatic heterocycles. The lowest BCUT2D eigenvalue weighted by atomic mass is 10.1. The molecule has 5 heteroatoms. The molecule has 1 heterocycles. The molecule has 2 aromatic rings. The summed E-state index contributed by atoms with van der Waals surface area (Å²) < 4.78 is 9.82. The van der Waals surface area contributed by atoms with Crippen molar-refractivity contribution in [1.29, 1.82) is 0 Å². The zero-order valence-corrected chi connectivity index (χ0v) is 15.2. The number of phenolic OH excluding ortho intramolecular Hbond substituents is 1. The molecule has 0 atom stereocenters. The normalized spacial score (nSPS) is 12.1. The molecule has 0 aliphatic carbocycles. The highest BCUT2D eigenvalue weighted by Crippen LogP contribution is 2.26. The molecule has 0 bridgehead atoms. The van der Waals surface area contributed by atoms with E-state index in [1.165, 1.54) is 7.11 Å². The van der Waals surface area contributed by atoms with Crippen LogP contribution in [0.25, 0.3) is 0 Å². The van der Waals surface area contributed by atoms with E-state index < -0.39 is 0 Å². The predicted molar refractivity (Wildman–Crippen MR) is 100 cm³/mol. The first kappa shape index (κ1) is 20.1. The van der Waals surface area contributed by atoms with Gasteiger partial charge in [0.1, 0.15) is 5.75 Å². The maximum atomic E-state index is 11.3. The van der Waals surface area contributed by atoms with Crippen molar-refractivity contribution in [1.82, 2.24) is 0 Å². The maximum absolute atomic E-state index is 11.3. The van der Waals surface area contributed by atoms with Crippen LogP contribution in [-0.2, 0) is 4.79 Å². The quantitative estimate of drug-likeness (QED) is 0.675. The number of methoxy groups -OCH3 is 2. The number of hydrogen-bond donors (Lipinski definition) is 1. The third-order valence-corrected chi connectivity index (χ3v) is 3.37. The number of ether oxygens (including phenoxy) is 2. The SMILES string of the molecule is C=C1CN(c2ccc(OC)cc2)C1=O.CC.COc1ccccc1O. The number of carbonyl (C=O) groups excluding carboxylic acids is 1. The average Bonchev–Trinajstić information content (AvgIpc) is 2.68. The van der Waals surface area contributed by atoms with Gasteiger partial charge in [0.05, 0.1) is 20.8 Å². The lowest BCUT2D eigenvalue weighted by molar-refractivity contribution is -0.117. The zero-order valence-electron chi connectivity index (χ0n) is 15.2. The van der Waals surface area contributed by atoms with Gasteiger partial charge in [0.2, 0.25) is 0 Å². The van der Waals surface area contributed by atoms with Crippen LogP contribution in [0.5, 0.6) is 17.2 Å².